The molecule has 19 heavy (non-hydrogen) atoms. The van der Waals surface area contributed by atoms with Gasteiger partial charge < -0.3 is 4.57 Å². The standard InChI is InChI=1S/C14H13ClFN3/c1-9-12(14(15)18(2)17-9)8-19-6-5-10-3-4-11(16)7-13(10)19/h3-7H,8H2,1-2H3. The van der Waals surface area contributed by atoms with Crippen LogP contribution in [0, 0.1) is 12.7 Å². The molecule has 3 aromatic rings. The molecule has 3 nitrogen and oxygen atoms in total. The lowest BCUT2D eigenvalue weighted by atomic mass is 10.2. The number of hydrogen-bond acceptors (Lipinski definition) is 1. The minimum atomic E-state index is -0.235. The largest absolute Gasteiger partial charge is 0.343 e. The maximum atomic E-state index is 13.3. The van der Waals surface area contributed by atoms with Crippen LogP contribution in [0.5, 0.6) is 0 Å². The Morgan fingerprint density at radius 1 is 1.32 bits per heavy atom. The van der Waals surface area contributed by atoms with Crippen LogP contribution in [0.4, 0.5) is 4.39 Å². The monoisotopic (exact) mass is 277 g/mol. The molecule has 98 valence electrons. The van der Waals surface area contributed by atoms with E-state index >= 15 is 0 Å². The van der Waals surface area contributed by atoms with Crippen LogP contribution in [0.3, 0.4) is 0 Å². The third kappa shape index (κ3) is 2.02. The van der Waals surface area contributed by atoms with E-state index in [-0.39, 0.29) is 5.82 Å². The second-order valence-electron chi connectivity index (χ2n) is 4.63. The fourth-order valence-electron chi connectivity index (χ4n) is 2.32. The molecule has 1 aromatic carbocycles. The van der Waals surface area contributed by atoms with Gasteiger partial charge in [0.2, 0.25) is 0 Å². The van der Waals surface area contributed by atoms with Gasteiger partial charge in [0.15, 0.2) is 0 Å². The molecule has 0 N–H and O–H groups in total. The fourth-order valence-corrected chi connectivity index (χ4v) is 2.55. The molecule has 0 aliphatic rings. The van der Waals surface area contributed by atoms with Gasteiger partial charge in [-0.05, 0) is 36.6 Å². The molecule has 5 heteroatoms. The smallest absolute Gasteiger partial charge is 0.131 e. The van der Waals surface area contributed by atoms with Gasteiger partial charge in [0.05, 0.1) is 17.8 Å². The summed E-state index contributed by atoms with van der Waals surface area (Å²) in [6, 6.07) is 6.75. The van der Waals surface area contributed by atoms with Crippen LogP contribution in [-0.4, -0.2) is 14.3 Å². The van der Waals surface area contributed by atoms with Crippen LogP contribution >= 0.6 is 11.6 Å². The molecule has 0 aliphatic heterocycles. The predicted molar refractivity (Wildman–Crippen MR) is 74.0 cm³/mol. The van der Waals surface area contributed by atoms with Crippen molar-refractivity contribution < 1.29 is 4.39 Å². The number of rotatable bonds is 2. The Bertz CT molecular complexity index is 757. The maximum absolute atomic E-state index is 13.3. The summed E-state index contributed by atoms with van der Waals surface area (Å²) in [5, 5.41) is 5.92. The highest BCUT2D eigenvalue weighted by molar-refractivity contribution is 6.30. The third-order valence-corrected chi connectivity index (χ3v) is 3.81. The molecule has 0 saturated carbocycles. The normalized spacial score (nSPS) is 11.4. The van der Waals surface area contributed by atoms with E-state index in [1.54, 1.807) is 10.7 Å². The lowest BCUT2D eigenvalue weighted by Gasteiger charge is -2.05. The van der Waals surface area contributed by atoms with Crippen molar-refractivity contribution in [1.29, 1.82) is 0 Å². The molecule has 0 aliphatic carbocycles. The number of hydrogen-bond donors (Lipinski definition) is 0. The Hall–Kier alpha value is -1.81. The summed E-state index contributed by atoms with van der Waals surface area (Å²) in [6.07, 6.45) is 1.94. The van der Waals surface area contributed by atoms with E-state index in [9.17, 15) is 4.39 Å². The quantitative estimate of drug-likeness (QED) is 0.703. The number of aryl methyl sites for hydroxylation is 2. The molecule has 0 spiro atoms. The average molecular weight is 278 g/mol. The molecule has 0 atom stereocenters. The van der Waals surface area contributed by atoms with Gasteiger partial charge in [0.25, 0.3) is 0 Å². The lowest BCUT2D eigenvalue weighted by Crippen LogP contribution is -1.99. The summed E-state index contributed by atoms with van der Waals surface area (Å²) in [5.41, 5.74) is 2.72. The first-order valence-electron chi connectivity index (χ1n) is 5.98. The van der Waals surface area contributed by atoms with Gasteiger partial charge in [-0.2, -0.15) is 5.10 Å². The number of aromatic nitrogens is 3. The lowest BCUT2D eigenvalue weighted by molar-refractivity contribution is 0.628. The highest BCUT2D eigenvalue weighted by Crippen LogP contribution is 2.23. The Labute approximate surface area is 115 Å². The number of benzene rings is 1. The Morgan fingerprint density at radius 2 is 2.11 bits per heavy atom. The van der Waals surface area contributed by atoms with Crippen LogP contribution in [0.15, 0.2) is 30.5 Å². The molecule has 0 amide bonds. The zero-order valence-electron chi connectivity index (χ0n) is 10.7. The first kappa shape index (κ1) is 12.2. The van der Waals surface area contributed by atoms with Gasteiger partial charge in [-0.25, -0.2) is 4.39 Å². The van der Waals surface area contributed by atoms with Gasteiger partial charge in [0, 0.05) is 18.8 Å². The second kappa shape index (κ2) is 4.38. The van der Waals surface area contributed by atoms with E-state index in [0.29, 0.717) is 11.7 Å². The SMILES string of the molecule is Cc1nn(C)c(Cl)c1Cn1ccc2ccc(F)cc21. The van der Waals surface area contributed by atoms with Crippen molar-refractivity contribution in [2.75, 3.05) is 0 Å². The number of nitrogens with zero attached hydrogens (tertiary/aromatic N) is 3. The first-order chi connectivity index (χ1) is 9.06. The summed E-state index contributed by atoms with van der Waals surface area (Å²) >= 11 is 6.23. The summed E-state index contributed by atoms with van der Waals surface area (Å²) < 4.78 is 17.0. The van der Waals surface area contributed by atoms with Crippen molar-refractivity contribution in [1.82, 2.24) is 14.3 Å². The van der Waals surface area contributed by atoms with Crippen molar-refractivity contribution in [3.8, 4) is 0 Å². The highest BCUT2D eigenvalue weighted by atomic mass is 35.5. The van der Waals surface area contributed by atoms with Gasteiger partial charge in [-0.15, -0.1) is 0 Å². The average Bonchev–Trinajstić information content (AvgIpc) is 2.86. The third-order valence-electron chi connectivity index (χ3n) is 3.33. The van der Waals surface area contributed by atoms with E-state index in [1.807, 2.05) is 30.8 Å². The number of fused-ring (bicyclic) bond motifs is 1. The minimum Gasteiger partial charge on any atom is -0.343 e. The first-order valence-corrected chi connectivity index (χ1v) is 6.36. The van der Waals surface area contributed by atoms with Gasteiger partial charge in [0.1, 0.15) is 11.0 Å². The van der Waals surface area contributed by atoms with Crippen molar-refractivity contribution in [3.63, 3.8) is 0 Å². The van der Waals surface area contributed by atoms with E-state index in [1.165, 1.54) is 12.1 Å². The van der Waals surface area contributed by atoms with Gasteiger partial charge in [-0.3, -0.25) is 4.68 Å². The van der Waals surface area contributed by atoms with Gasteiger partial charge >= 0.3 is 0 Å². The van der Waals surface area contributed by atoms with E-state index < -0.39 is 0 Å². The molecule has 0 fully saturated rings. The number of halogens is 2. The van der Waals surface area contributed by atoms with Crippen molar-refractivity contribution in [2.45, 2.75) is 13.5 Å². The van der Waals surface area contributed by atoms with Crippen LogP contribution < -0.4 is 0 Å². The Morgan fingerprint density at radius 3 is 2.79 bits per heavy atom. The summed E-state index contributed by atoms with van der Waals surface area (Å²) in [4.78, 5) is 0. The van der Waals surface area contributed by atoms with Gasteiger partial charge in [-0.1, -0.05) is 11.6 Å². The molecule has 2 heterocycles. The highest BCUT2D eigenvalue weighted by Gasteiger charge is 2.12. The maximum Gasteiger partial charge on any atom is 0.131 e. The predicted octanol–water partition coefficient (Wildman–Crippen LogP) is 3.52. The summed E-state index contributed by atoms with van der Waals surface area (Å²) in [6.45, 7) is 2.51. The molecule has 3 rings (SSSR count). The van der Waals surface area contributed by atoms with E-state index in [0.717, 1.165) is 22.2 Å². The minimum absolute atomic E-state index is 0.235. The Balaban J connectivity index is 2.08. The van der Waals surface area contributed by atoms with Crippen molar-refractivity contribution in [3.05, 3.63) is 52.7 Å². The van der Waals surface area contributed by atoms with Crippen LogP contribution in [-0.2, 0) is 13.6 Å². The topological polar surface area (TPSA) is 22.8 Å². The zero-order chi connectivity index (χ0) is 13.6. The zero-order valence-corrected chi connectivity index (χ0v) is 11.4. The molecule has 2 aromatic heterocycles. The summed E-state index contributed by atoms with van der Waals surface area (Å²) in [5.74, 6) is -0.235. The molecule has 0 unspecified atom stereocenters. The molecule has 0 saturated heterocycles. The van der Waals surface area contributed by atoms with E-state index in [2.05, 4.69) is 5.10 Å². The van der Waals surface area contributed by atoms with Crippen LogP contribution in [0.25, 0.3) is 10.9 Å². The molecular formula is C14H13ClFN3. The summed E-state index contributed by atoms with van der Waals surface area (Å²) in [7, 11) is 1.81. The molecule has 0 bridgehead atoms. The van der Waals surface area contributed by atoms with E-state index in [4.69, 9.17) is 11.6 Å². The van der Waals surface area contributed by atoms with Crippen molar-refractivity contribution in [2.24, 2.45) is 7.05 Å². The molecule has 0 radical (unpaired) electrons. The second-order valence-corrected chi connectivity index (χ2v) is 4.98. The van der Waals surface area contributed by atoms with Crippen LogP contribution in [0.1, 0.15) is 11.3 Å². The van der Waals surface area contributed by atoms with Crippen LogP contribution in [0.2, 0.25) is 5.15 Å². The Kier molecular flexibility index (Phi) is 2.82. The molecular weight excluding hydrogens is 265 g/mol. The van der Waals surface area contributed by atoms with Crippen molar-refractivity contribution >= 4 is 22.5 Å². The fraction of sp³-hybridized carbons (Fsp3) is 0.214.